The van der Waals surface area contributed by atoms with Crippen LogP contribution in [0.4, 0.5) is 9.59 Å². The number of carboxylic acids is 1. The molecule has 3 amide bonds. The van der Waals surface area contributed by atoms with E-state index in [2.05, 4.69) is 10.6 Å². The van der Waals surface area contributed by atoms with E-state index in [1.165, 1.54) is 4.90 Å². The summed E-state index contributed by atoms with van der Waals surface area (Å²) in [4.78, 5) is 49.7. The second-order valence-electron chi connectivity index (χ2n) is 9.65. The number of likely N-dealkylation sites (tertiary alicyclic amines) is 1. The summed E-state index contributed by atoms with van der Waals surface area (Å²) in [6.45, 7) is 11.1. The molecule has 0 radical (unpaired) electrons. The van der Waals surface area contributed by atoms with Crippen LogP contribution in [0, 0.1) is 0 Å². The van der Waals surface area contributed by atoms with Gasteiger partial charge in [0.2, 0.25) is 5.91 Å². The van der Waals surface area contributed by atoms with Crippen LogP contribution in [-0.4, -0.2) is 70.4 Å². The summed E-state index contributed by atoms with van der Waals surface area (Å²) >= 11 is 0. The molecule has 0 aromatic rings. The molecule has 10 nitrogen and oxygen atoms in total. The van der Waals surface area contributed by atoms with Crippen LogP contribution in [0.25, 0.3) is 0 Å². The van der Waals surface area contributed by atoms with Crippen LogP contribution >= 0.6 is 0 Å². The number of nitrogens with one attached hydrogen (secondary N) is 2. The van der Waals surface area contributed by atoms with Crippen molar-refractivity contribution in [2.24, 2.45) is 0 Å². The Morgan fingerprint density at radius 3 is 2.13 bits per heavy atom. The van der Waals surface area contributed by atoms with E-state index in [9.17, 15) is 24.3 Å². The van der Waals surface area contributed by atoms with Gasteiger partial charge in [0.1, 0.15) is 23.3 Å². The molecule has 0 spiro atoms. The summed E-state index contributed by atoms with van der Waals surface area (Å²) in [5.41, 5.74) is -1.32. The van der Waals surface area contributed by atoms with Gasteiger partial charge in [-0.25, -0.2) is 14.4 Å². The second kappa shape index (κ2) is 11.2. The molecular formula is C21H37N3O7. The van der Waals surface area contributed by atoms with Crippen molar-refractivity contribution < 1.29 is 33.8 Å². The van der Waals surface area contributed by atoms with E-state index in [0.29, 0.717) is 38.8 Å². The van der Waals surface area contributed by atoms with Crippen LogP contribution in [0.5, 0.6) is 0 Å². The SMILES string of the molecule is CC(C)(C)OC(=O)NCCCC[C@@H](NC(=O)OC(C)(C)C)C(=O)N1CCC[C@@H]1C(=O)O. The number of aliphatic carboxylic acids is 1. The Balaban J connectivity index is 2.66. The van der Waals surface area contributed by atoms with Gasteiger partial charge >= 0.3 is 18.2 Å². The number of unbranched alkanes of at least 4 members (excludes halogenated alkanes) is 1. The molecule has 31 heavy (non-hydrogen) atoms. The number of alkyl carbamates (subject to hydrolysis) is 2. The molecule has 3 N–H and O–H groups in total. The number of nitrogens with zero attached hydrogens (tertiary/aromatic N) is 1. The van der Waals surface area contributed by atoms with Gasteiger partial charge in [0.25, 0.3) is 0 Å². The minimum Gasteiger partial charge on any atom is -0.480 e. The molecule has 1 saturated heterocycles. The van der Waals surface area contributed by atoms with Gasteiger partial charge < -0.3 is 30.1 Å². The molecule has 1 fully saturated rings. The maximum Gasteiger partial charge on any atom is 0.408 e. The quantitative estimate of drug-likeness (QED) is 0.491. The molecule has 2 atom stereocenters. The molecule has 0 saturated carbocycles. The molecular weight excluding hydrogens is 406 g/mol. The van der Waals surface area contributed by atoms with E-state index in [1.807, 2.05) is 0 Å². The van der Waals surface area contributed by atoms with Crippen LogP contribution < -0.4 is 10.6 Å². The summed E-state index contributed by atoms with van der Waals surface area (Å²) in [6, 6.07) is -1.79. The highest BCUT2D eigenvalue weighted by Crippen LogP contribution is 2.20. The fourth-order valence-corrected chi connectivity index (χ4v) is 3.17. The third-order valence-electron chi connectivity index (χ3n) is 4.40. The first-order chi connectivity index (χ1) is 14.2. The number of ether oxygens (including phenoxy) is 2. The molecule has 0 bridgehead atoms. The van der Waals surface area contributed by atoms with Crippen molar-refractivity contribution in [2.75, 3.05) is 13.1 Å². The van der Waals surface area contributed by atoms with Gasteiger partial charge in [-0.05, 0) is 73.6 Å². The summed E-state index contributed by atoms with van der Waals surface area (Å²) in [5, 5.41) is 14.6. The normalized spacial score (nSPS) is 17.6. The molecule has 10 heteroatoms. The van der Waals surface area contributed by atoms with E-state index in [0.717, 1.165) is 0 Å². The number of hydrogen-bond acceptors (Lipinski definition) is 6. The zero-order chi connectivity index (χ0) is 23.8. The lowest BCUT2D eigenvalue weighted by molar-refractivity contribution is -0.149. The van der Waals surface area contributed by atoms with Crippen molar-refractivity contribution in [2.45, 2.75) is 96.9 Å². The minimum atomic E-state index is -1.05. The predicted molar refractivity (Wildman–Crippen MR) is 114 cm³/mol. The summed E-state index contributed by atoms with van der Waals surface area (Å²) in [6.07, 6.45) is 1.10. The third kappa shape index (κ3) is 10.4. The van der Waals surface area contributed by atoms with Gasteiger partial charge in [-0.1, -0.05) is 0 Å². The first-order valence-electron chi connectivity index (χ1n) is 10.7. The second-order valence-corrected chi connectivity index (χ2v) is 9.65. The molecule has 1 aliphatic heterocycles. The summed E-state index contributed by atoms with van der Waals surface area (Å²) < 4.78 is 10.4. The number of amides is 3. The van der Waals surface area contributed by atoms with Gasteiger partial charge in [0, 0.05) is 13.1 Å². The van der Waals surface area contributed by atoms with Crippen LogP contribution in [-0.2, 0) is 19.1 Å². The zero-order valence-corrected chi connectivity index (χ0v) is 19.4. The lowest BCUT2D eigenvalue weighted by atomic mass is 10.1. The Hall–Kier alpha value is -2.52. The molecule has 1 heterocycles. The van der Waals surface area contributed by atoms with Crippen molar-refractivity contribution in [1.29, 1.82) is 0 Å². The van der Waals surface area contributed by atoms with E-state index < -0.39 is 47.3 Å². The highest BCUT2D eigenvalue weighted by molar-refractivity contribution is 5.89. The Kier molecular flexibility index (Phi) is 9.58. The molecule has 178 valence electrons. The average molecular weight is 444 g/mol. The van der Waals surface area contributed by atoms with Crippen LogP contribution in [0.2, 0.25) is 0 Å². The van der Waals surface area contributed by atoms with Crippen molar-refractivity contribution >= 4 is 24.1 Å². The van der Waals surface area contributed by atoms with E-state index in [-0.39, 0.29) is 6.42 Å². The van der Waals surface area contributed by atoms with Gasteiger partial charge in [-0.2, -0.15) is 0 Å². The number of carboxylic acid groups (broad SMARTS) is 1. The maximum atomic E-state index is 13.0. The van der Waals surface area contributed by atoms with E-state index in [1.54, 1.807) is 41.5 Å². The number of hydrogen-bond donors (Lipinski definition) is 3. The lowest BCUT2D eigenvalue weighted by Gasteiger charge is -2.28. The maximum absolute atomic E-state index is 13.0. The lowest BCUT2D eigenvalue weighted by Crippen LogP contribution is -2.52. The molecule has 0 unspecified atom stereocenters. The van der Waals surface area contributed by atoms with Gasteiger partial charge in [0.05, 0.1) is 0 Å². The van der Waals surface area contributed by atoms with Crippen molar-refractivity contribution in [3.63, 3.8) is 0 Å². The highest BCUT2D eigenvalue weighted by Gasteiger charge is 2.37. The molecule has 0 aliphatic carbocycles. The Morgan fingerprint density at radius 2 is 1.58 bits per heavy atom. The first kappa shape index (κ1) is 26.5. The smallest absolute Gasteiger partial charge is 0.408 e. The van der Waals surface area contributed by atoms with Crippen LogP contribution in [0.1, 0.15) is 73.6 Å². The Bertz CT molecular complexity index is 652. The average Bonchev–Trinajstić information content (AvgIpc) is 3.06. The summed E-state index contributed by atoms with van der Waals surface area (Å²) in [5.74, 6) is -1.49. The standard InChI is InChI=1S/C21H37N3O7/c1-20(2,3)30-18(28)22-12-8-7-10-14(23-19(29)31-21(4,5)6)16(25)24-13-9-11-15(24)17(26)27/h14-15H,7-13H2,1-6H3,(H,22,28)(H,23,29)(H,26,27)/t14-,15-/m1/s1. The summed E-state index contributed by atoms with van der Waals surface area (Å²) in [7, 11) is 0. The largest absolute Gasteiger partial charge is 0.480 e. The van der Waals surface area contributed by atoms with E-state index >= 15 is 0 Å². The topological polar surface area (TPSA) is 134 Å². The molecule has 0 aromatic heterocycles. The van der Waals surface area contributed by atoms with Crippen molar-refractivity contribution in [1.82, 2.24) is 15.5 Å². The van der Waals surface area contributed by atoms with Gasteiger partial charge in [0.15, 0.2) is 0 Å². The van der Waals surface area contributed by atoms with Crippen LogP contribution in [0.3, 0.4) is 0 Å². The molecule has 1 aliphatic rings. The Labute approximate surface area is 184 Å². The van der Waals surface area contributed by atoms with Crippen LogP contribution in [0.15, 0.2) is 0 Å². The fraction of sp³-hybridized carbons (Fsp3) is 0.810. The molecule has 0 aromatic carbocycles. The van der Waals surface area contributed by atoms with Crippen molar-refractivity contribution in [3.05, 3.63) is 0 Å². The fourth-order valence-electron chi connectivity index (χ4n) is 3.17. The van der Waals surface area contributed by atoms with Crippen molar-refractivity contribution in [3.8, 4) is 0 Å². The zero-order valence-electron chi connectivity index (χ0n) is 19.4. The molecule has 1 rings (SSSR count). The first-order valence-corrected chi connectivity index (χ1v) is 10.7. The van der Waals surface area contributed by atoms with E-state index in [4.69, 9.17) is 9.47 Å². The third-order valence-corrected chi connectivity index (χ3v) is 4.40. The number of rotatable bonds is 8. The monoisotopic (exact) mass is 443 g/mol. The minimum absolute atomic E-state index is 0.289. The highest BCUT2D eigenvalue weighted by atomic mass is 16.6. The van der Waals surface area contributed by atoms with Gasteiger partial charge in [-0.3, -0.25) is 4.79 Å². The predicted octanol–water partition coefficient (Wildman–Crippen LogP) is 2.65. The number of carbonyl (C=O) groups is 4. The number of carbonyl (C=O) groups excluding carboxylic acids is 3. The Morgan fingerprint density at radius 1 is 1.00 bits per heavy atom. The van der Waals surface area contributed by atoms with Gasteiger partial charge in [-0.15, -0.1) is 0 Å².